The van der Waals surface area contributed by atoms with Crippen molar-refractivity contribution in [3.8, 4) is 0 Å². The van der Waals surface area contributed by atoms with Crippen molar-refractivity contribution in [2.75, 3.05) is 0 Å². The maximum Gasteiger partial charge on any atom is 0.105 e. The van der Waals surface area contributed by atoms with Crippen molar-refractivity contribution in [3.05, 3.63) is 0 Å². The molecule has 0 aliphatic carbocycles. The van der Waals surface area contributed by atoms with Gasteiger partial charge in [-0.2, -0.15) is 0 Å². The molecule has 0 aromatic rings. The minimum atomic E-state index is -1.00. The molecule has 144 valence electrons. The maximum atomic E-state index is 8.89. The summed E-state index contributed by atoms with van der Waals surface area (Å²) in [5, 5.41) is 61.3. The second-order valence-electron chi connectivity index (χ2n) is 5.67. The van der Waals surface area contributed by atoms with Crippen molar-refractivity contribution >= 4 is 0 Å². The molecule has 0 rings (SSSR count). The monoisotopic (exact) mass is 342 g/mol. The summed E-state index contributed by atoms with van der Waals surface area (Å²) in [6, 6.07) is 0. The first-order valence-corrected chi connectivity index (χ1v) is 8.22. The largest absolute Gasteiger partial charge is 0.393 e. The summed E-state index contributed by atoms with van der Waals surface area (Å²) in [6.45, 7) is 10.1. The predicted molar refractivity (Wildman–Crippen MR) is 89.9 cm³/mol. The van der Waals surface area contributed by atoms with Gasteiger partial charge in [0.15, 0.2) is 0 Å². The van der Waals surface area contributed by atoms with Gasteiger partial charge in [0.2, 0.25) is 0 Å². The Morgan fingerprint density at radius 1 is 0.522 bits per heavy atom. The van der Waals surface area contributed by atoms with Crippen LogP contribution in [0, 0.1) is 0 Å². The first kappa shape index (κ1) is 27.6. The summed E-state index contributed by atoms with van der Waals surface area (Å²) < 4.78 is 0. The van der Waals surface area contributed by atoms with E-state index < -0.39 is 36.6 Å². The van der Waals surface area contributed by atoms with Crippen LogP contribution in [0.4, 0.5) is 0 Å². The molecule has 0 heterocycles. The van der Waals surface area contributed by atoms with E-state index in [2.05, 4.69) is 0 Å². The van der Waals surface area contributed by atoms with E-state index in [1.165, 1.54) is 13.8 Å². The van der Waals surface area contributed by atoms with Gasteiger partial charge in [-0.05, 0) is 40.0 Å². The Morgan fingerprint density at radius 3 is 0.783 bits per heavy atom. The molecule has 0 radical (unpaired) electrons. The van der Waals surface area contributed by atoms with Crippen molar-refractivity contribution < 1.29 is 35.7 Å². The minimum Gasteiger partial charge on any atom is -0.393 e. The molecule has 0 amide bonds. The lowest BCUT2D eigenvalue weighted by atomic mass is 10.1. The second-order valence-corrected chi connectivity index (χ2v) is 5.67. The summed E-state index contributed by atoms with van der Waals surface area (Å²) in [6.07, 6.45) is -3.63. The van der Waals surface area contributed by atoms with Crippen molar-refractivity contribution in [2.45, 2.75) is 104 Å². The van der Waals surface area contributed by atoms with Gasteiger partial charge >= 0.3 is 0 Å². The summed E-state index contributed by atoms with van der Waals surface area (Å²) in [4.78, 5) is 0. The topological polar surface area (TPSA) is 142 Å². The lowest BCUT2D eigenvalue weighted by Crippen LogP contribution is -2.34. The molecule has 7 nitrogen and oxygen atoms in total. The van der Waals surface area contributed by atoms with Crippen molar-refractivity contribution in [3.63, 3.8) is 0 Å². The Balaban J connectivity index is -0.000000273. The number of aliphatic hydroxyl groups excluding tert-OH is 7. The van der Waals surface area contributed by atoms with Gasteiger partial charge in [-0.15, -0.1) is 0 Å². The van der Waals surface area contributed by atoms with E-state index in [1.807, 2.05) is 6.92 Å². The van der Waals surface area contributed by atoms with Crippen LogP contribution in [0.25, 0.3) is 0 Å². The van der Waals surface area contributed by atoms with Crippen LogP contribution >= 0.6 is 0 Å². The Hall–Kier alpha value is -0.280. The fraction of sp³-hybridized carbons (Fsp3) is 1.00. The standard InChI is InChI=1S/2C6H14O3.C4H10O/c2*1-3-5(8)6(9)4(2)7;1-3-4(2)5/h2*4-9H,3H2,1-2H3;4-5H,3H2,1-2H3/t4-,5+,6+;4-,5+,6-;4-/m000/s1. The van der Waals surface area contributed by atoms with E-state index in [4.69, 9.17) is 35.7 Å². The highest BCUT2D eigenvalue weighted by atomic mass is 16.4. The van der Waals surface area contributed by atoms with Gasteiger partial charge in [0.25, 0.3) is 0 Å². The average molecular weight is 342 g/mol. The molecule has 0 saturated carbocycles. The zero-order valence-corrected chi connectivity index (χ0v) is 15.3. The zero-order chi connectivity index (χ0) is 19.2. The lowest BCUT2D eigenvalue weighted by Gasteiger charge is -2.17. The van der Waals surface area contributed by atoms with Gasteiger partial charge in [0.1, 0.15) is 12.2 Å². The molecule has 0 aromatic carbocycles. The summed E-state index contributed by atoms with van der Waals surface area (Å²) in [5.74, 6) is 0. The van der Waals surface area contributed by atoms with E-state index in [0.717, 1.165) is 6.42 Å². The highest BCUT2D eigenvalue weighted by molar-refractivity contribution is 4.70. The fourth-order valence-corrected chi connectivity index (χ4v) is 1.13. The van der Waals surface area contributed by atoms with Crippen LogP contribution in [0.15, 0.2) is 0 Å². The van der Waals surface area contributed by atoms with Crippen molar-refractivity contribution in [2.24, 2.45) is 0 Å². The van der Waals surface area contributed by atoms with Crippen molar-refractivity contribution in [1.82, 2.24) is 0 Å². The quantitative estimate of drug-likeness (QED) is 0.339. The Kier molecular flexibility index (Phi) is 19.9. The maximum absolute atomic E-state index is 8.89. The van der Waals surface area contributed by atoms with Gasteiger partial charge < -0.3 is 35.7 Å². The minimum absolute atomic E-state index is 0.116. The third-order valence-electron chi connectivity index (χ3n) is 3.20. The second kappa shape index (κ2) is 16.6. The highest BCUT2D eigenvalue weighted by Gasteiger charge is 2.19. The van der Waals surface area contributed by atoms with Crippen LogP contribution in [-0.4, -0.2) is 78.5 Å². The zero-order valence-electron chi connectivity index (χ0n) is 15.3. The van der Waals surface area contributed by atoms with Gasteiger partial charge in [0, 0.05) is 0 Å². The molecule has 0 bridgehead atoms. The van der Waals surface area contributed by atoms with Crippen LogP contribution in [0.5, 0.6) is 0 Å². The van der Waals surface area contributed by atoms with Crippen molar-refractivity contribution in [1.29, 1.82) is 0 Å². The molecule has 7 heteroatoms. The number of hydrogen-bond acceptors (Lipinski definition) is 7. The van der Waals surface area contributed by atoms with Gasteiger partial charge in [-0.25, -0.2) is 0 Å². The molecule has 0 aliphatic heterocycles. The van der Waals surface area contributed by atoms with Gasteiger partial charge in [-0.3, -0.25) is 0 Å². The molecular formula is C16H38O7. The van der Waals surface area contributed by atoms with E-state index in [0.29, 0.717) is 12.8 Å². The first-order valence-electron chi connectivity index (χ1n) is 8.22. The lowest BCUT2D eigenvalue weighted by molar-refractivity contribution is -0.0525. The highest BCUT2D eigenvalue weighted by Crippen LogP contribution is 2.02. The molecule has 0 saturated heterocycles. The summed E-state index contributed by atoms with van der Waals surface area (Å²) >= 11 is 0. The van der Waals surface area contributed by atoms with Gasteiger partial charge in [0.05, 0.1) is 30.5 Å². The molecule has 0 aromatic heterocycles. The molecule has 7 atom stereocenters. The molecule has 0 unspecified atom stereocenters. The Bertz CT molecular complexity index is 214. The van der Waals surface area contributed by atoms with Gasteiger partial charge in [-0.1, -0.05) is 20.8 Å². The predicted octanol–water partition coefficient (Wildman–Crippen LogP) is -0.225. The van der Waals surface area contributed by atoms with Crippen LogP contribution in [0.1, 0.15) is 60.8 Å². The molecule has 0 aliphatic rings. The summed E-state index contributed by atoms with van der Waals surface area (Å²) in [5.41, 5.74) is 0. The number of hydrogen-bond donors (Lipinski definition) is 7. The Labute approximate surface area is 140 Å². The Morgan fingerprint density at radius 2 is 0.739 bits per heavy atom. The smallest absolute Gasteiger partial charge is 0.105 e. The van der Waals surface area contributed by atoms with Crippen LogP contribution in [0.3, 0.4) is 0 Å². The van der Waals surface area contributed by atoms with Crippen LogP contribution < -0.4 is 0 Å². The van der Waals surface area contributed by atoms with Crippen LogP contribution in [-0.2, 0) is 0 Å². The normalized spacial score (nSPS) is 19.7. The SMILES string of the molecule is CC[C@@H](O)[C@@H](O)[C@H](C)O.CC[C@@H](O)[C@H](O)[C@H](C)O.CC[C@H](C)O. The molecular weight excluding hydrogens is 304 g/mol. The van der Waals surface area contributed by atoms with E-state index in [-0.39, 0.29) is 6.10 Å². The van der Waals surface area contributed by atoms with E-state index in [1.54, 1.807) is 20.8 Å². The number of aliphatic hydroxyl groups is 7. The third-order valence-corrected chi connectivity index (χ3v) is 3.20. The number of rotatable bonds is 7. The fourth-order valence-electron chi connectivity index (χ4n) is 1.13. The molecule has 23 heavy (non-hydrogen) atoms. The van der Waals surface area contributed by atoms with E-state index >= 15 is 0 Å². The molecule has 7 N–H and O–H groups in total. The summed E-state index contributed by atoms with van der Waals surface area (Å²) in [7, 11) is 0. The molecule has 0 spiro atoms. The first-order chi connectivity index (χ1) is 10.5. The van der Waals surface area contributed by atoms with E-state index in [9.17, 15) is 0 Å². The van der Waals surface area contributed by atoms with Crippen LogP contribution in [0.2, 0.25) is 0 Å². The third kappa shape index (κ3) is 17.9. The molecule has 0 fully saturated rings. The average Bonchev–Trinajstić information content (AvgIpc) is 2.52.